The van der Waals surface area contributed by atoms with E-state index in [1.54, 1.807) is 14.0 Å². The maximum Gasteiger partial charge on any atom is 0.261 e. The molecule has 0 bridgehead atoms. The number of ether oxygens (including phenoxy) is 2. The van der Waals surface area contributed by atoms with Gasteiger partial charge in [0.2, 0.25) is 0 Å². The van der Waals surface area contributed by atoms with E-state index in [4.69, 9.17) is 9.47 Å². The van der Waals surface area contributed by atoms with E-state index in [1.165, 1.54) is 0 Å². The van der Waals surface area contributed by atoms with Gasteiger partial charge in [-0.2, -0.15) is 0 Å². The fraction of sp³-hybridized carbons (Fsp3) is 0.435. The zero-order chi connectivity index (χ0) is 20.1. The van der Waals surface area contributed by atoms with Crippen molar-refractivity contribution in [3.63, 3.8) is 0 Å². The average molecular weight is 370 g/mol. The van der Waals surface area contributed by atoms with Gasteiger partial charge in [-0.1, -0.05) is 32.0 Å². The molecule has 2 aromatic carbocycles. The summed E-state index contributed by atoms with van der Waals surface area (Å²) < 4.78 is 11.4. The molecule has 0 saturated heterocycles. The lowest BCUT2D eigenvalue weighted by molar-refractivity contribution is -0.127. The summed E-state index contributed by atoms with van der Waals surface area (Å²) in [5.41, 5.74) is 4.34. The van der Waals surface area contributed by atoms with Gasteiger partial charge in [-0.3, -0.25) is 4.79 Å². The molecule has 0 spiro atoms. The van der Waals surface area contributed by atoms with Crippen molar-refractivity contribution in [3.05, 3.63) is 58.7 Å². The second kappa shape index (κ2) is 8.94. The number of aryl methyl sites for hydroxylation is 2. The fourth-order valence-electron chi connectivity index (χ4n) is 3.15. The van der Waals surface area contributed by atoms with Crippen molar-refractivity contribution in [1.29, 1.82) is 0 Å². The third-order valence-electron chi connectivity index (χ3n) is 4.83. The Morgan fingerprint density at radius 1 is 0.926 bits per heavy atom. The number of nitrogens with one attached hydrogen (secondary N) is 1. The summed E-state index contributed by atoms with van der Waals surface area (Å²) in [6.07, 6.45) is -0.573. The molecule has 1 N–H and O–H groups in total. The molecular weight excluding hydrogens is 338 g/mol. The number of methoxy groups -OCH3 is 1. The molecule has 27 heavy (non-hydrogen) atoms. The Bertz CT molecular complexity index is 798. The number of carbonyl (C=O) groups excluding carboxylic acids is 1. The number of rotatable bonds is 7. The SMILES string of the molecule is COc1cc(C)c([C@H](C)NC(=O)[C@H](C)Oc2ccccc2C)cc1C(C)C. The first-order chi connectivity index (χ1) is 12.7. The molecule has 0 radical (unpaired) electrons. The molecule has 0 aromatic heterocycles. The maximum absolute atomic E-state index is 12.6. The summed E-state index contributed by atoms with van der Waals surface area (Å²) in [6, 6.07) is 11.8. The second-order valence-corrected chi connectivity index (χ2v) is 7.36. The van der Waals surface area contributed by atoms with E-state index in [1.807, 2.05) is 51.1 Å². The van der Waals surface area contributed by atoms with E-state index in [9.17, 15) is 4.79 Å². The molecule has 2 aromatic rings. The van der Waals surface area contributed by atoms with Crippen molar-refractivity contribution in [2.45, 2.75) is 59.6 Å². The molecule has 4 heteroatoms. The van der Waals surface area contributed by atoms with Gasteiger partial charge in [-0.05, 0) is 74.1 Å². The van der Waals surface area contributed by atoms with Crippen LogP contribution in [0.1, 0.15) is 61.9 Å². The van der Waals surface area contributed by atoms with Gasteiger partial charge in [0.15, 0.2) is 6.10 Å². The predicted octanol–water partition coefficient (Wildman–Crippen LogP) is 5.08. The van der Waals surface area contributed by atoms with E-state index < -0.39 is 6.10 Å². The summed E-state index contributed by atoms with van der Waals surface area (Å²) in [5.74, 6) is 1.83. The summed E-state index contributed by atoms with van der Waals surface area (Å²) in [6.45, 7) is 12.1. The van der Waals surface area contributed by atoms with Gasteiger partial charge >= 0.3 is 0 Å². The van der Waals surface area contributed by atoms with E-state index >= 15 is 0 Å². The van der Waals surface area contributed by atoms with Crippen LogP contribution in [0.4, 0.5) is 0 Å². The predicted molar refractivity (Wildman–Crippen MR) is 110 cm³/mol. The standard InChI is InChI=1S/C23H31NO3/c1-14(2)19-13-20(16(4)12-22(19)26-7)17(5)24-23(25)18(6)27-21-11-9-8-10-15(21)3/h8-14,17-18H,1-7H3,(H,24,25)/t17-,18-/m0/s1. The number of amides is 1. The van der Waals surface area contributed by atoms with Crippen molar-refractivity contribution in [1.82, 2.24) is 5.32 Å². The Labute approximate surface area is 162 Å². The fourth-order valence-corrected chi connectivity index (χ4v) is 3.15. The third kappa shape index (κ3) is 5.03. The molecule has 2 atom stereocenters. The van der Waals surface area contributed by atoms with Gasteiger partial charge in [0.25, 0.3) is 5.91 Å². The van der Waals surface area contributed by atoms with Crippen molar-refractivity contribution in [3.8, 4) is 11.5 Å². The van der Waals surface area contributed by atoms with Crippen LogP contribution < -0.4 is 14.8 Å². The first kappa shape index (κ1) is 20.8. The van der Waals surface area contributed by atoms with E-state index in [0.717, 1.165) is 33.8 Å². The molecule has 0 aliphatic carbocycles. The minimum atomic E-state index is -0.573. The highest BCUT2D eigenvalue weighted by atomic mass is 16.5. The molecule has 146 valence electrons. The molecule has 0 unspecified atom stereocenters. The molecular formula is C23H31NO3. The number of para-hydroxylation sites is 1. The molecule has 1 amide bonds. The van der Waals surface area contributed by atoms with Crippen LogP contribution in [0.3, 0.4) is 0 Å². The molecule has 0 heterocycles. The van der Waals surface area contributed by atoms with Crippen LogP contribution in [0.2, 0.25) is 0 Å². The van der Waals surface area contributed by atoms with Crippen LogP contribution in [-0.4, -0.2) is 19.1 Å². The summed E-state index contributed by atoms with van der Waals surface area (Å²) >= 11 is 0. The third-order valence-corrected chi connectivity index (χ3v) is 4.83. The Morgan fingerprint density at radius 2 is 1.59 bits per heavy atom. The minimum Gasteiger partial charge on any atom is -0.496 e. The normalized spacial score (nSPS) is 13.2. The van der Waals surface area contributed by atoms with Gasteiger partial charge in [0.05, 0.1) is 13.2 Å². The maximum atomic E-state index is 12.6. The van der Waals surface area contributed by atoms with E-state index in [0.29, 0.717) is 5.92 Å². The molecule has 0 saturated carbocycles. The lowest BCUT2D eigenvalue weighted by Gasteiger charge is -2.23. The number of hydrogen-bond donors (Lipinski definition) is 1. The first-order valence-corrected chi connectivity index (χ1v) is 9.45. The summed E-state index contributed by atoms with van der Waals surface area (Å²) in [7, 11) is 1.69. The van der Waals surface area contributed by atoms with Crippen LogP contribution in [0, 0.1) is 13.8 Å². The zero-order valence-electron chi connectivity index (χ0n) is 17.4. The smallest absolute Gasteiger partial charge is 0.261 e. The van der Waals surface area contributed by atoms with E-state index in [-0.39, 0.29) is 11.9 Å². The van der Waals surface area contributed by atoms with Gasteiger partial charge in [0.1, 0.15) is 11.5 Å². The summed E-state index contributed by atoms with van der Waals surface area (Å²) in [4.78, 5) is 12.6. The lowest BCUT2D eigenvalue weighted by Crippen LogP contribution is -2.38. The highest BCUT2D eigenvalue weighted by molar-refractivity contribution is 5.81. The van der Waals surface area contributed by atoms with Crippen molar-refractivity contribution in [2.75, 3.05) is 7.11 Å². The highest BCUT2D eigenvalue weighted by Crippen LogP contribution is 2.32. The largest absolute Gasteiger partial charge is 0.496 e. The second-order valence-electron chi connectivity index (χ2n) is 7.36. The number of carbonyl (C=O) groups is 1. The van der Waals surface area contributed by atoms with Gasteiger partial charge < -0.3 is 14.8 Å². The van der Waals surface area contributed by atoms with Crippen molar-refractivity contribution < 1.29 is 14.3 Å². The van der Waals surface area contributed by atoms with Crippen LogP contribution in [0.5, 0.6) is 11.5 Å². The number of benzene rings is 2. The first-order valence-electron chi connectivity index (χ1n) is 9.45. The van der Waals surface area contributed by atoms with E-state index in [2.05, 4.69) is 25.2 Å². The van der Waals surface area contributed by atoms with Gasteiger partial charge in [0, 0.05) is 0 Å². The Morgan fingerprint density at radius 3 is 2.19 bits per heavy atom. The van der Waals surface area contributed by atoms with Gasteiger partial charge in [-0.25, -0.2) is 0 Å². The van der Waals surface area contributed by atoms with Crippen molar-refractivity contribution in [2.24, 2.45) is 0 Å². The highest BCUT2D eigenvalue weighted by Gasteiger charge is 2.21. The monoisotopic (exact) mass is 369 g/mol. The molecule has 0 aliphatic heterocycles. The van der Waals surface area contributed by atoms with Crippen LogP contribution in [-0.2, 0) is 4.79 Å². The van der Waals surface area contributed by atoms with Crippen LogP contribution >= 0.6 is 0 Å². The molecule has 4 nitrogen and oxygen atoms in total. The zero-order valence-corrected chi connectivity index (χ0v) is 17.4. The topological polar surface area (TPSA) is 47.6 Å². The Hall–Kier alpha value is -2.49. The van der Waals surface area contributed by atoms with Crippen LogP contribution in [0.15, 0.2) is 36.4 Å². The molecule has 2 rings (SSSR count). The van der Waals surface area contributed by atoms with Crippen LogP contribution in [0.25, 0.3) is 0 Å². The Balaban J connectivity index is 2.14. The molecule has 0 aliphatic rings. The lowest BCUT2D eigenvalue weighted by atomic mass is 9.93. The van der Waals surface area contributed by atoms with Crippen molar-refractivity contribution >= 4 is 5.91 Å². The Kier molecular flexibility index (Phi) is 6.89. The summed E-state index contributed by atoms with van der Waals surface area (Å²) in [5, 5.41) is 3.08. The quantitative estimate of drug-likeness (QED) is 0.740. The molecule has 0 fully saturated rings. The number of hydrogen-bond acceptors (Lipinski definition) is 3. The van der Waals surface area contributed by atoms with Gasteiger partial charge in [-0.15, -0.1) is 0 Å². The minimum absolute atomic E-state index is 0.121. The average Bonchev–Trinajstić information content (AvgIpc) is 2.62.